The van der Waals surface area contributed by atoms with Crippen molar-refractivity contribution >= 4 is 28.7 Å². The average Bonchev–Trinajstić information content (AvgIpc) is 3.36. The quantitative estimate of drug-likeness (QED) is 0.570. The molecular formula is C20H26N10. The second kappa shape index (κ2) is 7.57. The lowest BCUT2D eigenvalue weighted by molar-refractivity contribution is 0.135. The Morgan fingerprint density at radius 1 is 1.27 bits per heavy atom. The van der Waals surface area contributed by atoms with Crippen molar-refractivity contribution in [3.63, 3.8) is 0 Å². The molecule has 2 fully saturated rings. The predicted molar refractivity (Wildman–Crippen MR) is 113 cm³/mol. The number of nitrogens with zero attached hydrogens (tertiary/aromatic N) is 7. The minimum atomic E-state index is 0.322. The third-order valence-corrected chi connectivity index (χ3v) is 6.22. The van der Waals surface area contributed by atoms with Gasteiger partial charge in [0.05, 0.1) is 12.4 Å². The molecule has 2 bridgehead atoms. The number of rotatable bonds is 6. The van der Waals surface area contributed by atoms with Gasteiger partial charge in [0.15, 0.2) is 17.3 Å². The van der Waals surface area contributed by atoms with Gasteiger partial charge in [-0.25, -0.2) is 4.98 Å². The van der Waals surface area contributed by atoms with Crippen molar-refractivity contribution in [1.82, 2.24) is 34.6 Å². The molecule has 2 aliphatic heterocycles. The zero-order chi connectivity index (χ0) is 20.7. The van der Waals surface area contributed by atoms with Gasteiger partial charge in [0.25, 0.3) is 0 Å². The normalized spacial score (nSPS) is 23.6. The summed E-state index contributed by atoms with van der Waals surface area (Å²) in [5.74, 6) is 1.98. The zero-order valence-corrected chi connectivity index (χ0v) is 17.3. The van der Waals surface area contributed by atoms with E-state index in [0.717, 1.165) is 30.6 Å². The lowest BCUT2D eigenvalue weighted by Gasteiger charge is -2.38. The largest absolute Gasteiger partial charge is 0.351 e. The molecule has 0 aliphatic carbocycles. The Hall–Kier alpha value is -3.19. The Balaban J connectivity index is 1.37. The number of anilines is 3. The summed E-state index contributed by atoms with van der Waals surface area (Å²) in [5, 5.41) is 23.0. The molecule has 3 N–H and O–H groups in total. The molecule has 30 heavy (non-hydrogen) atoms. The van der Waals surface area contributed by atoms with Crippen LogP contribution in [0.2, 0.25) is 0 Å². The first-order valence-electron chi connectivity index (χ1n) is 10.5. The van der Waals surface area contributed by atoms with Crippen LogP contribution >= 0.6 is 0 Å². The maximum Gasteiger partial charge on any atom is 0.227 e. The van der Waals surface area contributed by atoms with Crippen molar-refractivity contribution in [2.75, 3.05) is 17.2 Å². The third kappa shape index (κ3) is 3.45. The first-order chi connectivity index (χ1) is 14.6. The zero-order valence-electron chi connectivity index (χ0n) is 17.3. The highest BCUT2D eigenvalue weighted by molar-refractivity contribution is 5.86. The smallest absolute Gasteiger partial charge is 0.227 e. The fourth-order valence-electron chi connectivity index (χ4n) is 4.93. The summed E-state index contributed by atoms with van der Waals surface area (Å²) in [7, 11) is 1.93. The van der Waals surface area contributed by atoms with Crippen LogP contribution in [0.5, 0.6) is 0 Å². The monoisotopic (exact) mass is 406 g/mol. The van der Waals surface area contributed by atoms with Gasteiger partial charge in [-0.15, -0.1) is 0 Å². The van der Waals surface area contributed by atoms with E-state index in [4.69, 9.17) is 10.2 Å². The van der Waals surface area contributed by atoms with Crippen LogP contribution in [0.1, 0.15) is 37.8 Å². The van der Waals surface area contributed by atoms with Crippen molar-refractivity contribution in [3.05, 3.63) is 18.1 Å². The molecule has 3 aromatic rings. The summed E-state index contributed by atoms with van der Waals surface area (Å²) in [6.07, 6.45) is 6.86. The highest BCUT2D eigenvalue weighted by Crippen LogP contribution is 2.36. The van der Waals surface area contributed by atoms with Crippen LogP contribution in [0.25, 0.3) is 11.2 Å². The number of aromatic amines is 1. The number of aryl methyl sites for hydroxylation is 2. The van der Waals surface area contributed by atoms with Crippen LogP contribution in [0.3, 0.4) is 0 Å². The molecule has 0 aromatic carbocycles. The fraction of sp³-hybridized carbons (Fsp3) is 0.550. The third-order valence-electron chi connectivity index (χ3n) is 6.22. The number of fused-ring (bicyclic) bond motifs is 3. The van der Waals surface area contributed by atoms with E-state index in [-0.39, 0.29) is 0 Å². The molecule has 2 aliphatic rings. The van der Waals surface area contributed by atoms with Gasteiger partial charge in [-0.3, -0.25) is 10.00 Å². The highest BCUT2D eigenvalue weighted by Gasteiger charge is 2.40. The Bertz CT molecular complexity index is 1080. The van der Waals surface area contributed by atoms with Gasteiger partial charge in [0, 0.05) is 49.9 Å². The number of nitriles is 1. The lowest BCUT2D eigenvalue weighted by atomic mass is 9.97. The molecule has 0 amide bonds. The predicted octanol–water partition coefficient (Wildman–Crippen LogP) is 2.46. The number of piperidine rings is 1. The minimum absolute atomic E-state index is 0.322. The van der Waals surface area contributed by atoms with Gasteiger partial charge in [0.2, 0.25) is 5.95 Å². The SMILES string of the molecule is Cc1cc(Nc2nc(N[C@@H]3CC4CC[C@@H](C3)N4CCC#N)nc3ncn(C)c23)n[nH]1. The van der Waals surface area contributed by atoms with Gasteiger partial charge in [0.1, 0.15) is 5.52 Å². The van der Waals surface area contributed by atoms with E-state index >= 15 is 0 Å². The number of H-pyrrole nitrogens is 1. The Morgan fingerprint density at radius 2 is 2.07 bits per heavy atom. The molecule has 1 unspecified atom stereocenters. The molecule has 156 valence electrons. The van der Waals surface area contributed by atoms with Gasteiger partial charge < -0.3 is 15.2 Å². The Morgan fingerprint density at radius 3 is 2.77 bits per heavy atom. The molecule has 10 heteroatoms. The van der Waals surface area contributed by atoms with Crippen molar-refractivity contribution in [3.8, 4) is 6.07 Å². The minimum Gasteiger partial charge on any atom is -0.351 e. The molecule has 10 nitrogen and oxygen atoms in total. The molecule has 0 spiro atoms. The molecule has 2 saturated heterocycles. The first-order valence-corrected chi connectivity index (χ1v) is 10.5. The molecule has 3 atom stereocenters. The summed E-state index contributed by atoms with van der Waals surface area (Å²) in [6, 6.07) is 5.62. The summed E-state index contributed by atoms with van der Waals surface area (Å²) >= 11 is 0. The van der Waals surface area contributed by atoms with Crippen LogP contribution in [-0.2, 0) is 7.05 Å². The van der Waals surface area contributed by atoms with Crippen molar-refractivity contribution < 1.29 is 0 Å². The maximum absolute atomic E-state index is 8.93. The second-order valence-electron chi connectivity index (χ2n) is 8.33. The lowest BCUT2D eigenvalue weighted by Crippen LogP contribution is -2.47. The Labute approximate surface area is 174 Å². The number of aromatic nitrogens is 6. The van der Waals surface area contributed by atoms with Gasteiger partial charge in [-0.2, -0.15) is 20.3 Å². The maximum atomic E-state index is 8.93. The Kier molecular flexibility index (Phi) is 4.75. The standard InChI is InChI=1S/C20H26N10/c1-12-8-16(28-27-12)24-19-17-18(22-11-29(17)2)25-20(26-19)23-13-9-14-4-5-15(10-13)30(14)7-3-6-21/h8,11,13-15H,3-5,7,9-10H2,1-2H3,(H3,23,24,25,26,27,28)/t13-,14-,15?/m0/s1. The summed E-state index contributed by atoms with van der Waals surface area (Å²) in [5.41, 5.74) is 2.47. The van der Waals surface area contributed by atoms with Gasteiger partial charge in [-0.1, -0.05) is 0 Å². The highest BCUT2D eigenvalue weighted by atomic mass is 15.3. The number of hydrogen-bond donors (Lipinski definition) is 3. The van der Waals surface area contributed by atoms with Crippen LogP contribution < -0.4 is 10.6 Å². The van der Waals surface area contributed by atoms with E-state index in [1.54, 1.807) is 6.33 Å². The van der Waals surface area contributed by atoms with Crippen molar-refractivity contribution in [2.24, 2.45) is 7.05 Å². The summed E-state index contributed by atoms with van der Waals surface area (Å²) < 4.78 is 1.91. The van der Waals surface area contributed by atoms with E-state index in [1.807, 2.05) is 24.6 Å². The van der Waals surface area contributed by atoms with Crippen LogP contribution in [-0.4, -0.2) is 59.3 Å². The van der Waals surface area contributed by atoms with E-state index in [2.05, 4.69) is 41.8 Å². The fourth-order valence-corrected chi connectivity index (χ4v) is 4.93. The first kappa shape index (κ1) is 18.8. The molecular weight excluding hydrogens is 380 g/mol. The molecule has 5 heterocycles. The van der Waals surface area contributed by atoms with Gasteiger partial charge >= 0.3 is 0 Å². The van der Waals surface area contributed by atoms with Gasteiger partial charge in [-0.05, 0) is 32.6 Å². The molecule has 5 rings (SSSR count). The van der Waals surface area contributed by atoms with Crippen LogP contribution in [0, 0.1) is 18.3 Å². The van der Waals surface area contributed by atoms with E-state index in [9.17, 15) is 0 Å². The number of nitrogens with one attached hydrogen (secondary N) is 3. The molecule has 0 saturated carbocycles. The van der Waals surface area contributed by atoms with Crippen LogP contribution in [0.15, 0.2) is 12.4 Å². The van der Waals surface area contributed by atoms with Crippen molar-refractivity contribution in [1.29, 1.82) is 5.26 Å². The second-order valence-corrected chi connectivity index (χ2v) is 8.33. The average molecular weight is 406 g/mol. The summed E-state index contributed by atoms with van der Waals surface area (Å²) in [4.78, 5) is 16.4. The van der Waals surface area contributed by atoms with Crippen molar-refractivity contribution in [2.45, 2.75) is 57.2 Å². The number of hydrogen-bond acceptors (Lipinski definition) is 8. The summed E-state index contributed by atoms with van der Waals surface area (Å²) in [6.45, 7) is 2.84. The van der Waals surface area contributed by atoms with E-state index < -0.39 is 0 Å². The van der Waals surface area contributed by atoms with E-state index in [0.29, 0.717) is 47.8 Å². The van der Waals surface area contributed by atoms with E-state index in [1.165, 1.54) is 12.8 Å². The van der Waals surface area contributed by atoms with Crippen LogP contribution in [0.4, 0.5) is 17.6 Å². The topological polar surface area (TPSA) is 123 Å². The molecule has 0 radical (unpaired) electrons. The molecule has 3 aromatic heterocycles. The number of imidazole rings is 1.